The molecule has 26 heavy (non-hydrogen) atoms. The average Bonchev–Trinajstić information content (AvgIpc) is 3.17. The first-order valence-corrected chi connectivity index (χ1v) is 9.85. The molecule has 0 saturated carbocycles. The Kier molecular flexibility index (Phi) is 5.28. The fourth-order valence-electron chi connectivity index (χ4n) is 2.74. The van der Waals surface area contributed by atoms with Gasteiger partial charge in [-0.05, 0) is 55.3 Å². The summed E-state index contributed by atoms with van der Waals surface area (Å²) >= 11 is 5.95. The van der Waals surface area contributed by atoms with Crippen LogP contribution in [0.5, 0.6) is 0 Å². The third-order valence-electron chi connectivity index (χ3n) is 4.17. The van der Waals surface area contributed by atoms with Gasteiger partial charge in [-0.25, -0.2) is 8.42 Å². The van der Waals surface area contributed by atoms with E-state index >= 15 is 0 Å². The number of benzene rings is 2. The van der Waals surface area contributed by atoms with Crippen LogP contribution in [0.4, 0.5) is 5.69 Å². The Bertz CT molecular complexity index is 976. The van der Waals surface area contributed by atoms with Crippen LogP contribution in [0.2, 0.25) is 5.02 Å². The molecule has 2 aromatic rings. The molecule has 1 heterocycles. The lowest BCUT2D eigenvalue weighted by atomic mass is 10.2. The molecule has 0 radical (unpaired) electrons. The van der Waals surface area contributed by atoms with E-state index in [0.717, 1.165) is 12.8 Å². The minimum atomic E-state index is -3.50. The van der Waals surface area contributed by atoms with Crippen molar-refractivity contribution >= 4 is 33.2 Å². The van der Waals surface area contributed by atoms with Crippen LogP contribution in [0.25, 0.3) is 0 Å². The number of nitriles is 1. The summed E-state index contributed by atoms with van der Waals surface area (Å²) in [5.74, 6) is -0.393. The largest absolute Gasteiger partial charge is 0.322 e. The van der Waals surface area contributed by atoms with Crippen LogP contribution in [0.3, 0.4) is 0 Å². The molecule has 6 nitrogen and oxygen atoms in total. The van der Waals surface area contributed by atoms with E-state index in [4.69, 9.17) is 16.9 Å². The molecule has 0 bridgehead atoms. The summed E-state index contributed by atoms with van der Waals surface area (Å²) in [6.45, 7) is 1.06. The third-order valence-corrected chi connectivity index (χ3v) is 6.39. The quantitative estimate of drug-likeness (QED) is 0.868. The summed E-state index contributed by atoms with van der Waals surface area (Å²) in [4.78, 5) is 12.5. The Hall–Kier alpha value is -2.40. The van der Waals surface area contributed by atoms with Crippen molar-refractivity contribution in [3.05, 3.63) is 58.6 Å². The minimum absolute atomic E-state index is 0.178. The Labute approximate surface area is 157 Å². The molecule has 1 fully saturated rings. The fraction of sp³-hybridized carbons (Fsp3) is 0.222. The Morgan fingerprint density at radius 3 is 2.35 bits per heavy atom. The number of amides is 1. The summed E-state index contributed by atoms with van der Waals surface area (Å²) in [6, 6.07) is 12.4. The van der Waals surface area contributed by atoms with E-state index in [0.29, 0.717) is 29.9 Å². The van der Waals surface area contributed by atoms with Crippen molar-refractivity contribution in [1.82, 2.24) is 4.31 Å². The molecular formula is C18H16ClN3O3S. The lowest BCUT2D eigenvalue weighted by Crippen LogP contribution is -2.27. The lowest BCUT2D eigenvalue weighted by molar-refractivity contribution is 0.102. The van der Waals surface area contributed by atoms with Crippen LogP contribution in [0.1, 0.15) is 28.8 Å². The number of sulfonamides is 1. The molecule has 1 aliphatic rings. The minimum Gasteiger partial charge on any atom is -0.322 e. The number of carbonyl (C=O) groups excluding carboxylic acids is 1. The molecule has 1 aliphatic heterocycles. The Morgan fingerprint density at radius 1 is 1.12 bits per heavy atom. The highest BCUT2D eigenvalue weighted by atomic mass is 35.5. The summed E-state index contributed by atoms with van der Waals surface area (Å²) < 4.78 is 26.4. The van der Waals surface area contributed by atoms with Crippen LogP contribution < -0.4 is 5.32 Å². The molecule has 0 aliphatic carbocycles. The molecule has 134 valence electrons. The van der Waals surface area contributed by atoms with Gasteiger partial charge in [0, 0.05) is 24.3 Å². The van der Waals surface area contributed by atoms with Crippen molar-refractivity contribution in [3.63, 3.8) is 0 Å². The van der Waals surface area contributed by atoms with E-state index in [1.807, 2.05) is 6.07 Å². The van der Waals surface area contributed by atoms with E-state index in [2.05, 4.69) is 5.32 Å². The van der Waals surface area contributed by atoms with Crippen molar-refractivity contribution in [2.24, 2.45) is 0 Å². The second kappa shape index (κ2) is 7.46. The predicted molar refractivity (Wildman–Crippen MR) is 98.6 cm³/mol. The highest BCUT2D eigenvalue weighted by molar-refractivity contribution is 7.89. The van der Waals surface area contributed by atoms with Gasteiger partial charge in [0.15, 0.2) is 0 Å². The summed E-state index contributed by atoms with van der Waals surface area (Å²) in [5, 5.41) is 11.8. The van der Waals surface area contributed by atoms with Crippen molar-refractivity contribution in [2.45, 2.75) is 17.7 Å². The van der Waals surface area contributed by atoms with E-state index < -0.39 is 15.9 Å². The molecule has 0 unspecified atom stereocenters. The molecule has 0 atom stereocenters. The van der Waals surface area contributed by atoms with Crippen molar-refractivity contribution in [2.75, 3.05) is 18.4 Å². The fourth-order valence-corrected chi connectivity index (χ4v) is 4.48. The van der Waals surface area contributed by atoms with E-state index in [9.17, 15) is 13.2 Å². The number of anilines is 1. The number of hydrogen-bond acceptors (Lipinski definition) is 4. The molecule has 2 aromatic carbocycles. The molecular weight excluding hydrogens is 374 g/mol. The number of hydrogen-bond donors (Lipinski definition) is 1. The molecule has 1 N–H and O–H groups in total. The molecule has 3 rings (SSSR count). The molecule has 1 saturated heterocycles. The molecule has 0 spiro atoms. The second-order valence-electron chi connectivity index (χ2n) is 5.90. The standard InChI is InChI=1S/C18H16ClN3O3S/c19-17-11-15(6-3-14(17)12-20)21-18(23)13-4-7-16(8-5-13)26(24,25)22-9-1-2-10-22/h3-8,11H,1-2,9-10H2,(H,21,23). The number of halogens is 1. The zero-order valence-corrected chi connectivity index (χ0v) is 15.3. The summed E-state index contributed by atoms with van der Waals surface area (Å²) in [7, 11) is -3.50. The Balaban J connectivity index is 1.75. The van der Waals surface area contributed by atoms with Gasteiger partial charge in [-0.2, -0.15) is 9.57 Å². The van der Waals surface area contributed by atoms with Crippen LogP contribution >= 0.6 is 11.6 Å². The first-order valence-electron chi connectivity index (χ1n) is 8.03. The highest BCUT2D eigenvalue weighted by Gasteiger charge is 2.27. The van der Waals surface area contributed by atoms with Gasteiger partial charge in [0.25, 0.3) is 5.91 Å². The highest BCUT2D eigenvalue weighted by Crippen LogP contribution is 2.23. The Morgan fingerprint density at radius 2 is 1.77 bits per heavy atom. The average molecular weight is 390 g/mol. The van der Waals surface area contributed by atoms with E-state index in [1.54, 1.807) is 6.07 Å². The number of nitrogens with zero attached hydrogens (tertiary/aromatic N) is 2. The van der Waals surface area contributed by atoms with Crippen molar-refractivity contribution in [1.29, 1.82) is 5.26 Å². The molecule has 0 aromatic heterocycles. The van der Waals surface area contributed by atoms with Crippen molar-refractivity contribution in [3.8, 4) is 6.07 Å². The zero-order valence-electron chi connectivity index (χ0n) is 13.8. The van der Waals surface area contributed by atoms with Gasteiger partial charge in [-0.15, -0.1) is 0 Å². The topological polar surface area (TPSA) is 90.3 Å². The second-order valence-corrected chi connectivity index (χ2v) is 8.24. The smallest absolute Gasteiger partial charge is 0.255 e. The van der Waals surface area contributed by atoms with Gasteiger partial charge in [0.1, 0.15) is 6.07 Å². The third kappa shape index (κ3) is 3.73. The SMILES string of the molecule is N#Cc1ccc(NC(=O)c2ccc(S(=O)(=O)N3CCCC3)cc2)cc1Cl. The molecule has 1 amide bonds. The maximum atomic E-state index is 12.5. The maximum absolute atomic E-state index is 12.5. The van der Waals surface area contributed by atoms with Gasteiger partial charge in [0.2, 0.25) is 10.0 Å². The first-order chi connectivity index (χ1) is 12.4. The van der Waals surface area contributed by atoms with Gasteiger partial charge >= 0.3 is 0 Å². The monoisotopic (exact) mass is 389 g/mol. The predicted octanol–water partition coefficient (Wildman–Crippen LogP) is 3.25. The van der Waals surface area contributed by atoms with Crippen LogP contribution in [-0.4, -0.2) is 31.7 Å². The first kappa shape index (κ1) is 18.4. The normalized spacial score (nSPS) is 14.8. The number of carbonyl (C=O) groups is 1. The lowest BCUT2D eigenvalue weighted by Gasteiger charge is -2.15. The van der Waals surface area contributed by atoms with Crippen LogP contribution in [0, 0.1) is 11.3 Å². The van der Waals surface area contributed by atoms with Gasteiger partial charge in [-0.3, -0.25) is 4.79 Å². The van der Waals surface area contributed by atoms with Gasteiger partial charge in [0.05, 0.1) is 15.5 Å². The zero-order chi connectivity index (χ0) is 18.7. The van der Waals surface area contributed by atoms with E-state index in [1.165, 1.54) is 40.7 Å². The van der Waals surface area contributed by atoms with Crippen LogP contribution in [-0.2, 0) is 10.0 Å². The van der Waals surface area contributed by atoms with E-state index in [-0.39, 0.29) is 9.92 Å². The van der Waals surface area contributed by atoms with Crippen LogP contribution in [0.15, 0.2) is 47.4 Å². The number of nitrogens with one attached hydrogen (secondary N) is 1. The van der Waals surface area contributed by atoms with Gasteiger partial charge in [-0.1, -0.05) is 11.6 Å². The summed E-state index contributed by atoms with van der Waals surface area (Å²) in [5.41, 5.74) is 1.10. The summed E-state index contributed by atoms with van der Waals surface area (Å²) in [6.07, 6.45) is 1.74. The van der Waals surface area contributed by atoms with Gasteiger partial charge < -0.3 is 5.32 Å². The van der Waals surface area contributed by atoms with Crippen molar-refractivity contribution < 1.29 is 13.2 Å². The maximum Gasteiger partial charge on any atom is 0.255 e. The number of rotatable bonds is 4. The molecule has 8 heteroatoms.